The fraction of sp³-hybridized carbons (Fsp3) is 0.419. The second-order valence-corrected chi connectivity index (χ2v) is 24.7. The molecule has 0 spiro atoms. The average Bonchev–Trinajstić information content (AvgIpc) is 1.74. The summed E-state index contributed by atoms with van der Waals surface area (Å²) in [6, 6.07) is 17.8. The summed E-state index contributed by atoms with van der Waals surface area (Å²) in [5.74, 6) is 1.23. The number of nitrogen functional groups attached to an aromatic ring is 1. The largest absolute Gasteiger partial charge is 0.478 e. The van der Waals surface area contributed by atoms with Gasteiger partial charge in [-0.3, -0.25) is 19.2 Å². The number of methoxy groups -OCH3 is 4. The molecule has 4 unspecified atom stereocenters. The topological polar surface area (TPSA) is 457 Å². The molecule has 0 radical (unpaired) electrons. The molecule has 30 nitrogen and oxygen atoms in total. The highest BCUT2D eigenvalue weighted by Gasteiger charge is 2.43. The Hall–Kier alpha value is -8.77. The summed E-state index contributed by atoms with van der Waals surface area (Å²) < 4.78 is 18.8. The number of rotatable bonds is 25. The summed E-state index contributed by atoms with van der Waals surface area (Å²) in [7, 11) is 5.09. The van der Waals surface area contributed by atoms with Gasteiger partial charge < -0.3 is 76.7 Å². The molecule has 4 aliphatic heterocycles. The highest BCUT2D eigenvalue weighted by molar-refractivity contribution is 14.1. The van der Waals surface area contributed by atoms with E-state index < -0.39 is 47.7 Å². The van der Waals surface area contributed by atoms with E-state index >= 15 is 0 Å². The highest BCUT2D eigenvalue weighted by atomic mass is 127. The second kappa shape index (κ2) is 40.5. The normalized spacial score (nSPS) is 17.4. The Morgan fingerprint density at radius 2 is 0.926 bits per heavy atom. The lowest BCUT2D eigenvalue weighted by atomic mass is 10.0. The summed E-state index contributed by atoms with van der Waals surface area (Å²) >= 11 is 5.67. The molecule has 14 N–H and O–H groups in total. The van der Waals surface area contributed by atoms with Crippen molar-refractivity contribution in [1.29, 1.82) is 0 Å². The number of nitrogens with two attached hydrogens (primary N) is 2. The van der Waals surface area contributed by atoms with Gasteiger partial charge in [0.1, 0.15) is 0 Å². The molecule has 7 amide bonds. The Morgan fingerprint density at radius 3 is 1.35 bits per heavy atom. The Labute approximate surface area is 568 Å². The van der Waals surface area contributed by atoms with E-state index in [0.717, 1.165) is 50.0 Å². The minimum absolute atomic E-state index is 0.0369. The number of amides is 7. The van der Waals surface area contributed by atoms with Crippen molar-refractivity contribution in [3.8, 4) is 0 Å². The molecule has 8 rings (SSSR count). The van der Waals surface area contributed by atoms with Crippen LogP contribution in [0.25, 0.3) is 0 Å². The van der Waals surface area contributed by atoms with Crippen molar-refractivity contribution in [2.45, 2.75) is 99.9 Å². The van der Waals surface area contributed by atoms with E-state index in [9.17, 15) is 57.5 Å². The zero-order valence-electron chi connectivity index (χ0n) is 52.8. The predicted molar refractivity (Wildman–Crippen MR) is 356 cm³/mol. The van der Waals surface area contributed by atoms with Crippen LogP contribution in [0.3, 0.4) is 0 Å². The molecular weight excluding hydrogens is 1400 g/mol. The number of aryl methyl sites for hydroxylation is 2. The van der Waals surface area contributed by atoms with Crippen LogP contribution in [0.15, 0.2) is 72.8 Å². The lowest BCUT2D eigenvalue weighted by molar-refractivity contribution is -0.122. The van der Waals surface area contributed by atoms with Gasteiger partial charge in [0, 0.05) is 62.8 Å². The molecule has 0 aliphatic carbocycles. The van der Waals surface area contributed by atoms with Gasteiger partial charge in [-0.05, 0) is 146 Å². The zero-order valence-corrected chi connectivity index (χ0v) is 56.6. The summed E-state index contributed by atoms with van der Waals surface area (Å²) in [5, 5.41) is 44.1. The van der Waals surface area contributed by atoms with Crippen LogP contribution in [-0.2, 0) is 38.2 Å². The van der Waals surface area contributed by atoms with Crippen molar-refractivity contribution in [1.82, 2.24) is 37.4 Å². The van der Waals surface area contributed by atoms with Crippen LogP contribution in [-0.4, -0.2) is 188 Å². The number of carboxylic acids is 3. The minimum atomic E-state index is -1.09. The van der Waals surface area contributed by atoms with Crippen LogP contribution in [0.2, 0.25) is 0 Å². The molecule has 0 bridgehead atoms. The number of carbonyl (C=O) groups excluding carboxylic acids is 9. The van der Waals surface area contributed by atoms with E-state index in [2.05, 4.69) is 61.2 Å². The molecule has 0 aromatic heterocycles. The number of thioether (sulfide) groups is 2. The number of ether oxygens (including phenoxy) is 4. The summed E-state index contributed by atoms with van der Waals surface area (Å²) in [4.78, 5) is 144. The standard InChI is InChI=1S/C22H30N4O6S.C12H22N4O3S.C10H10O4.C9H7IO4.C9H9NO4/c1-13-11-14(7-8-15(13)21(29)31-2)20(28)26-32-10-9-23-18(27)6-4-3-5-17-19-16(12-33-17)24-22(30)25-19;13-19-6-5-14-10(17)4-2-1-3-9-11-8(7-20-9)15-12(18)16-11;1-6-5-7(9(11)12)3-4-8(6)10(13)14-2;2*1-14-9(13)6-3-2-5(8(11)12)4-7(6)10/h7-8,11,16-17,19H,3-6,9-10,12H2,1-2H3,(H,23,27)(H,26,28)(H2,24,25,30);8-9,11H,1-7,13H2,(H,14,17)(H2,15,16,18);3-5H,1-2H3,(H,11,12);2-4H,1H3,(H,11,12);2-4H,10H2,1H3,(H,11,12)/t16?,17-,19?;8?,9-,11?;;;/m11.../s1. The van der Waals surface area contributed by atoms with Gasteiger partial charge >= 0.3 is 53.8 Å². The van der Waals surface area contributed by atoms with Gasteiger partial charge in [0.05, 0.1) is 105 Å². The van der Waals surface area contributed by atoms with Crippen molar-refractivity contribution in [2.24, 2.45) is 5.90 Å². The quantitative estimate of drug-likeness (QED) is 0.00788. The van der Waals surface area contributed by atoms with E-state index in [0.29, 0.717) is 73.4 Å². The first-order valence-electron chi connectivity index (χ1n) is 29.4. The Kier molecular flexibility index (Phi) is 33.5. The van der Waals surface area contributed by atoms with Crippen molar-refractivity contribution >= 4 is 123 Å². The monoisotopic (exact) mass is 1480 g/mol. The number of esters is 4. The number of hydrogen-bond donors (Lipinski definition) is 12. The number of anilines is 1. The number of unbranched alkanes of at least 4 members (excludes halogenated alkanes) is 2. The fourth-order valence-electron chi connectivity index (χ4n) is 9.59. The van der Waals surface area contributed by atoms with Crippen LogP contribution in [0.4, 0.5) is 15.3 Å². The average molecular weight is 1480 g/mol. The SMILES string of the molecule is COC(=O)c1ccc(C(=O)NOCCNC(=O)CCCC[C@H]2SCC3NC(=O)NC32)cc1C.COC(=O)c1ccc(C(=O)O)cc1C.COC(=O)c1ccc(C(=O)O)cc1I.COC(=O)c1ccc(C(=O)O)cc1N.NOCCNC(=O)CCCC[C@H]1SCC2NC(=O)NC21. The number of halogens is 1. The number of nitrogens with one attached hydrogen (secondary N) is 7. The van der Waals surface area contributed by atoms with Gasteiger partial charge in [-0.25, -0.2) is 54.5 Å². The van der Waals surface area contributed by atoms with Gasteiger partial charge in [-0.15, -0.1) is 0 Å². The maximum Gasteiger partial charge on any atom is 0.339 e. The number of aromatic carboxylic acids is 3. The molecule has 4 aromatic carbocycles. The maximum absolute atomic E-state index is 12.1. The molecule has 4 heterocycles. The molecule has 6 atom stereocenters. The summed E-state index contributed by atoms with van der Waals surface area (Å²) in [5.41, 5.74) is 11.1. The predicted octanol–water partition coefficient (Wildman–Crippen LogP) is 5.01. The van der Waals surface area contributed by atoms with E-state index in [4.69, 9.17) is 31.8 Å². The first-order chi connectivity index (χ1) is 45.3. The fourth-order valence-corrected chi connectivity index (χ4v) is 13.4. The van der Waals surface area contributed by atoms with Gasteiger partial charge in [0.25, 0.3) is 5.91 Å². The van der Waals surface area contributed by atoms with Gasteiger partial charge in [0.2, 0.25) is 11.8 Å². The molecule has 4 fully saturated rings. The van der Waals surface area contributed by atoms with Crippen molar-refractivity contribution < 1.29 is 101 Å². The molecule has 4 aromatic rings. The van der Waals surface area contributed by atoms with E-state index in [1.54, 1.807) is 19.9 Å². The van der Waals surface area contributed by atoms with Crippen LogP contribution in [0.1, 0.15) is 145 Å². The Balaban J connectivity index is 0.000000267. The number of hydroxylamine groups is 1. The van der Waals surface area contributed by atoms with Crippen LogP contribution >= 0.6 is 46.1 Å². The minimum Gasteiger partial charge on any atom is -0.478 e. The van der Waals surface area contributed by atoms with Gasteiger partial charge in [-0.1, -0.05) is 12.8 Å². The number of benzene rings is 4. The van der Waals surface area contributed by atoms with Gasteiger partial charge in [0.15, 0.2) is 0 Å². The summed E-state index contributed by atoms with van der Waals surface area (Å²) in [6.45, 7) is 4.57. The smallest absolute Gasteiger partial charge is 0.339 e. The van der Waals surface area contributed by atoms with Crippen molar-refractivity contribution in [3.63, 3.8) is 0 Å². The zero-order chi connectivity index (χ0) is 70.3. The molecule has 0 saturated carbocycles. The Bertz CT molecular complexity index is 3220. The summed E-state index contributed by atoms with van der Waals surface area (Å²) in [6.07, 6.45) is 6.52. The molecule has 33 heteroatoms. The molecule has 4 aliphatic rings. The number of urea groups is 2. The first kappa shape index (κ1) is 78.7. The lowest BCUT2D eigenvalue weighted by Crippen LogP contribution is -2.36. The van der Waals surface area contributed by atoms with E-state index in [-0.39, 0.29) is 89.1 Å². The van der Waals surface area contributed by atoms with E-state index in [1.807, 2.05) is 46.1 Å². The lowest BCUT2D eigenvalue weighted by Gasteiger charge is -2.16. The van der Waals surface area contributed by atoms with Crippen LogP contribution in [0, 0.1) is 17.4 Å². The van der Waals surface area contributed by atoms with Gasteiger partial charge in [-0.2, -0.15) is 23.5 Å². The van der Waals surface area contributed by atoms with Crippen LogP contribution < -0.4 is 49.0 Å². The Morgan fingerprint density at radius 1 is 0.537 bits per heavy atom. The molecule has 516 valence electrons. The third kappa shape index (κ3) is 25.5. The third-order valence-corrected chi connectivity index (χ3v) is 18.4. The highest BCUT2D eigenvalue weighted by Crippen LogP contribution is 2.34. The first-order valence-corrected chi connectivity index (χ1v) is 32.5. The second-order valence-electron chi connectivity index (χ2n) is 21.0. The van der Waals surface area contributed by atoms with E-state index in [1.165, 1.54) is 95.2 Å². The molecular formula is C62H78IN9O21S2. The molecule has 95 heavy (non-hydrogen) atoms. The molecule has 4 saturated heterocycles. The van der Waals surface area contributed by atoms with Crippen molar-refractivity contribution in [3.05, 3.63) is 132 Å². The number of carboxylic acid groups (broad SMARTS) is 3. The number of carbonyl (C=O) groups is 12. The number of hydrogen-bond acceptors (Lipinski definition) is 22. The third-order valence-electron chi connectivity index (χ3n) is 14.5. The number of fused-ring (bicyclic) bond motifs is 2. The maximum atomic E-state index is 12.1. The van der Waals surface area contributed by atoms with Crippen LogP contribution in [0.5, 0.6) is 0 Å². The van der Waals surface area contributed by atoms with Crippen molar-refractivity contribution in [2.75, 3.05) is 72.0 Å².